The Kier molecular flexibility index (Phi) is 3.17. The van der Waals surface area contributed by atoms with Gasteiger partial charge in [0.2, 0.25) is 0 Å². The number of nitrogens with zero attached hydrogens (tertiary/aromatic N) is 5. The highest BCUT2D eigenvalue weighted by Crippen LogP contribution is 2.26. The van der Waals surface area contributed by atoms with Gasteiger partial charge in [0.25, 0.3) is 11.8 Å². The molecule has 0 aromatic carbocycles. The molecule has 0 spiro atoms. The van der Waals surface area contributed by atoms with Crippen molar-refractivity contribution < 1.29 is 4.42 Å². The summed E-state index contributed by atoms with van der Waals surface area (Å²) < 4.78 is 5.68. The largest absolute Gasteiger partial charge is 0.414 e. The maximum absolute atomic E-state index is 5.68. The van der Waals surface area contributed by atoms with Gasteiger partial charge in [-0.15, -0.1) is 21.5 Å². The summed E-state index contributed by atoms with van der Waals surface area (Å²) in [4.78, 5) is 13.6. The second-order valence-electron chi connectivity index (χ2n) is 4.42. The fourth-order valence-electron chi connectivity index (χ4n) is 1.96. The van der Waals surface area contributed by atoms with Crippen molar-refractivity contribution in [1.82, 2.24) is 25.1 Å². The summed E-state index contributed by atoms with van der Waals surface area (Å²) in [5, 5.41) is 10.1. The Balaban J connectivity index is 1.72. The van der Waals surface area contributed by atoms with Crippen LogP contribution in [0.25, 0.3) is 33.6 Å². The van der Waals surface area contributed by atoms with Gasteiger partial charge in [0.05, 0.1) is 23.0 Å². The van der Waals surface area contributed by atoms with Crippen LogP contribution >= 0.6 is 11.3 Å². The molecule has 6 nitrogen and oxygen atoms in total. The fraction of sp³-hybridized carbons (Fsp3) is 0. The Labute approximate surface area is 129 Å². The number of hydrogen-bond donors (Lipinski definition) is 0. The van der Waals surface area contributed by atoms with Gasteiger partial charge in [-0.25, -0.2) is 4.98 Å². The maximum atomic E-state index is 5.68. The summed E-state index contributed by atoms with van der Waals surface area (Å²) in [5.74, 6) is 0.841. The lowest BCUT2D eigenvalue weighted by Gasteiger charge is -2.00. The van der Waals surface area contributed by atoms with Gasteiger partial charge in [0.1, 0.15) is 5.69 Å². The van der Waals surface area contributed by atoms with Crippen molar-refractivity contribution in [3.63, 3.8) is 0 Å². The van der Waals surface area contributed by atoms with Crippen molar-refractivity contribution >= 4 is 11.3 Å². The third-order valence-electron chi connectivity index (χ3n) is 2.99. The first-order valence-electron chi connectivity index (χ1n) is 6.50. The van der Waals surface area contributed by atoms with E-state index in [1.54, 1.807) is 36.1 Å². The Morgan fingerprint density at radius 2 is 1.68 bits per heavy atom. The number of aromatic nitrogens is 5. The molecule has 4 aromatic rings. The van der Waals surface area contributed by atoms with Crippen LogP contribution in [0.1, 0.15) is 0 Å². The smallest absolute Gasteiger partial charge is 0.268 e. The minimum absolute atomic E-state index is 0.354. The average molecular weight is 307 g/mol. The maximum Gasteiger partial charge on any atom is 0.268 e. The monoisotopic (exact) mass is 307 g/mol. The van der Waals surface area contributed by atoms with Crippen LogP contribution < -0.4 is 0 Å². The Hall–Kier alpha value is -2.93. The summed E-state index contributed by atoms with van der Waals surface area (Å²) >= 11 is 1.55. The number of rotatable bonds is 3. The Morgan fingerprint density at radius 3 is 2.50 bits per heavy atom. The summed E-state index contributed by atoms with van der Waals surface area (Å²) in [5.41, 5.74) is 2.21. The summed E-state index contributed by atoms with van der Waals surface area (Å²) in [7, 11) is 0. The second kappa shape index (κ2) is 5.45. The summed E-state index contributed by atoms with van der Waals surface area (Å²) in [6, 6.07) is 7.62. The van der Waals surface area contributed by atoms with Crippen LogP contribution in [0, 0.1) is 0 Å². The fourth-order valence-corrected chi connectivity index (χ4v) is 2.60. The molecule has 0 aliphatic carbocycles. The highest BCUT2D eigenvalue weighted by molar-refractivity contribution is 7.13. The zero-order valence-electron chi connectivity index (χ0n) is 11.2. The minimum atomic E-state index is 0.354. The van der Waals surface area contributed by atoms with Gasteiger partial charge in [-0.05, 0) is 23.6 Å². The molecule has 0 fully saturated rings. The lowest BCUT2D eigenvalue weighted by molar-refractivity contribution is 0.583. The first-order valence-corrected chi connectivity index (χ1v) is 7.38. The van der Waals surface area contributed by atoms with Gasteiger partial charge in [-0.1, -0.05) is 6.07 Å². The molecular weight excluding hydrogens is 298 g/mol. The zero-order valence-corrected chi connectivity index (χ0v) is 12.1. The van der Waals surface area contributed by atoms with Gasteiger partial charge >= 0.3 is 0 Å². The van der Waals surface area contributed by atoms with E-state index in [2.05, 4.69) is 25.1 Å². The molecule has 0 N–H and O–H groups in total. The second-order valence-corrected chi connectivity index (χ2v) is 5.36. The van der Waals surface area contributed by atoms with Gasteiger partial charge in [-0.3, -0.25) is 9.97 Å². The van der Waals surface area contributed by atoms with Crippen LogP contribution in [0.15, 0.2) is 58.9 Å². The predicted molar refractivity (Wildman–Crippen MR) is 81.9 cm³/mol. The lowest BCUT2D eigenvalue weighted by Crippen LogP contribution is -1.90. The molecule has 0 saturated heterocycles. The number of hydrogen-bond acceptors (Lipinski definition) is 7. The molecule has 4 rings (SSSR count). The van der Waals surface area contributed by atoms with Crippen LogP contribution in [-0.2, 0) is 0 Å². The summed E-state index contributed by atoms with van der Waals surface area (Å²) in [6.07, 6.45) is 6.72. The average Bonchev–Trinajstić information content (AvgIpc) is 3.27. The van der Waals surface area contributed by atoms with E-state index in [0.717, 1.165) is 16.1 Å². The van der Waals surface area contributed by atoms with E-state index in [1.165, 1.54) is 0 Å². The Bertz CT molecular complexity index is 889. The molecular formula is C15H9N5OS. The van der Waals surface area contributed by atoms with Crippen LogP contribution in [0.2, 0.25) is 0 Å². The first-order chi connectivity index (χ1) is 10.9. The van der Waals surface area contributed by atoms with Crippen molar-refractivity contribution in [2.24, 2.45) is 0 Å². The minimum Gasteiger partial charge on any atom is -0.414 e. The molecule has 0 bridgehead atoms. The van der Waals surface area contributed by atoms with Gasteiger partial charge in [0, 0.05) is 18.0 Å². The van der Waals surface area contributed by atoms with Crippen molar-refractivity contribution in [3.05, 3.63) is 54.4 Å². The van der Waals surface area contributed by atoms with Gasteiger partial charge < -0.3 is 4.42 Å². The van der Waals surface area contributed by atoms with Gasteiger partial charge in [-0.2, -0.15) is 0 Å². The normalized spacial score (nSPS) is 10.7. The van der Waals surface area contributed by atoms with E-state index in [-0.39, 0.29) is 0 Å². The molecule has 22 heavy (non-hydrogen) atoms. The first kappa shape index (κ1) is 12.8. The van der Waals surface area contributed by atoms with Crippen molar-refractivity contribution in [2.45, 2.75) is 0 Å². The third-order valence-corrected chi connectivity index (χ3v) is 3.84. The van der Waals surface area contributed by atoms with Crippen molar-refractivity contribution in [2.75, 3.05) is 0 Å². The molecule has 0 aliphatic rings. The highest BCUT2D eigenvalue weighted by atomic mass is 32.1. The van der Waals surface area contributed by atoms with E-state index in [0.29, 0.717) is 17.5 Å². The highest BCUT2D eigenvalue weighted by Gasteiger charge is 2.13. The van der Waals surface area contributed by atoms with Crippen LogP contribution in [0.3, 0.4) is 0 Å². The standard InChI is InChI=1S/C15H9N5OS/c1-2-13(22-7-1)15-20-19-14(21-15)12-9-17-8-11(18-12)10-3-5-16-6-4-10/h1-9H. The molecule has 0 radical (unpaired) electrons. The van der Waals surface area contributed by atoms with Crippen LogP contribution in [0.4, 0.5) is 0 Å². The van der Waals surface area contributed by atoms with Crippen LogP contribution in [-0.4, -0.2) is 25.1 Å². The molecule has 7 heteroatoms. The number of thiophene rings is 1. The van der Waals surface area contributed by atoms with Crippen molar-refractivity contribution in [3.8, 4) is 33.6 Å². The molecule has 106 valence electrons. The number of pyridine rings is 1. The molecule has 4 heterocycles. The zero-order chi connectivity index (χ0) is 14.8. The summed E-state index contributed by atoms with van der Waals surface area (Å²) in [6.45, 7) is 0. The topological polar surface area (TPSA) is 77.6 Å². The van der Waals surface area contributed by atoms with Crippen LogP contribution in [0.5, 0.6) is 0 Å². The lowest BCUT2D eigenvalue weighted by atomic mass is 10.2. The SMILES string of the molecule is c1csc(-c2nnc(-c3cncc(-c4ccncc4)n3)o2)c1. The molecule has 0 unspecified atom stereocenters. The van der Waals surface area contributed by atoms with E-state index in [1.807, 2.05) is 29.6 Å². The molecule has 4 aromatic heterocycles. The van der Waals surface area contributed by atoms with E-state index < -0.39 is 0 Å². The quantitative estimate of drug-likeness (QED) is 0.578. The van der Waals surface area contributed by atoms with E-state index in [4.69, 9.17) is 4.42 Å². The molecule has 0 atom stereocenters. The molecule has 0 amide bonds. The van der Waals surface area contributed by atoms with E-state index >= 15 is 0 Å². The van der Waals surface area contributed by atoms with E-state index in [9.17, 15) is 0 Å². The molecule has 0 saturated carbocycles. The third kappa shape index (κ3) is 2.38. The molecule has 0 aliphatic heterocycles. The van der Waals surface area contributed by atoms with Gasteiger partial charge in [0.15, 0.2) is 0 Å². The predicted octanol–water partition coefficient (Wildman–Crippen LogP) is 3.32. The van der Waals surface area contributed by atoms with Crippen molar-refractivity contribution in [1.29, 1.82) is 0 Å². The Morgan fingerprint density at radius 1 is 0.864 bits per heavy atom.